The van der Waals surface area contributed by atoms with Gasteiger partial charge in [0, 0.05) is 35.9 Å². The van der Waals surface area contributed by atoms with Crippen LogP contribution >= 0.6 is 11.3 Å². The molecular weight excluding hydrogens is 384 g/mol. The van der Waals surface area contributed by atoms with Crippen LogP contribution in [0.15, 0.2) is 51.7 Å². The first-order valence-electron chi connectivity index (χ1n) is 10.1. The molecule has 1 saturated heterocycles. The third kappa shape index (κ3) is 3.32. The third-order valence-corrected chi connectivity index (χ3v) is 7.07. The highest BCUT2D eigenvalue weighted by molar-refractivity contribution is 7.18. The molecular formula is C23H23N2O3S+. The van der Waals surface area contributed by atoms with Crippen molar-refractivity contribution >= 4 is 32.5 Å². The number of para-hydroxylation sites is 1. The number of benzene rings is 2. The van der Waals surface area contributed by atoms with Gasteiger partial charge in [0.05, 0.1) is 16.8 Å². The van der Waals surface area contributed by atoms with Gasteiger partial charge in [-0.25, -0.2) is 9.78 Å². The van der Waals surface area contributed by atoms with Gasteiger partial charge in [0.1, 0.15) is 23.9 Å². The molecule has 5 nitrogen and oxygen atoms in total. The quantitative estimate of drug-likeness (QED) is 0.508. The molecule has 2 atom stereocenters. The number of likely N-dealkylation sites (tertiary alicyclic amines) is 1. The van der Waals surface area contributed by atoms with Crippen LogP contribution in [0, 0.1) is 0 Å². The lowest BCUT2D eigenvalue weighted by molar-refractivity contribution is -0.931. The van der Waals surface area contributed by atoms with Gasteiger partial charge < -0.3 is 14.4 Å². The monoisotopic (exact) mass is 407 g/mol. The standard InChI is InChI=1S/C23H22N2O3S/c1-2-14-10-16-15(11-22(27)28-20(16)12-19(14)26)13-25-9-5-7-18(25)23-24-17-6-3-4-8-21(17)29-23/h3-4,6,8,10-12,18,26H,2,5,7,9,13H2,1H3/p+1/t18-/m0/s1. The lowest BCUT2D eigenvalue weighted by atomic mass is 10.0. The van der Waals surface area contributed by atoms with Crippen LogP contribution in [0.5, 0.6) is 5.75 Å². The number of quaternary nitrogens is 1. The molecule has 1 fully saturated rings. The zero-order chi connectivity index (χ0) is 20.0. The summed E-state index contributed by atoms with van der Waals surface area (Å²) in [6.45, 7) is 3.81. The van der Waals surface area contributed by atoms with E-state index in [1.807, 2.05) is 19.1 Å². The predicted molar refractivity (Wildman–Crippen MR) is 115 cm³/mol. The Kier molecular flexibility index (Phi) is 4.60. The van der Waals surface area contributed by atoms with E-state index in [-0.39, 0.29) is 11.4 Å². The number of aryl methyl sites for hydroxylation is 1. The van der Waals surface area contributed by atoms with Crippen LogP contribution in [0.3, 0.4) is 0 Å². The number of thiazole rings is 1. The minimum Gasteiger partial charge on any atom is -0.508 e. The summed E-state index contributed by atoms with van der Waals surface area (Å²) in [4.78, 5) is 18.5. The molecule has 0 aliphatic carbocycles. The Bertz CT molecular complexity index is 1230. The van der Waals surface area contributed by atoms with Gasteiger partial charge >= 0.3 is 5.63 Å². The number of phenols is 1. The average molecular weight is 408 g/mol. The number of aromatic nitrogens is 1. The fourth-order valence-electron chi connectivity index (χ4n) is 4.44. The Morgan fingerprint density at radius 2 is 2.10 bits per heavy atom. The second kappa shape index (κ2) is 7.28. The van der Waals surface area contributed by atoms with Crippen molar-refractivity contribution in [2.45, 2.75) is 38.8 Å². The van der Waals surface area contributed by atoms with Gasteiger partial charge in [-0.1, -0.05) is 19.1 Å². The summed E-state index contributed by atoms with van der Waals surface area (Å²) in [7, 11) is 0. The number of rotatable bonds is 4. The molecule has 4 aromatic rings. The van der Waals surface area contributed by atoms with Crippen molar-refractivity contribution < 1.29 is 14.4 Å². The molecule has 0 saturated carbocycles. The third-order valence-electron chi connectivity index (χ3n) is 5.92. The van der Waals surface area contributed by atoms with Gasteiger partial charge in [0.25, 0.3) is 0 Å². The van der Waals surface area contributed by atoms with Crippen molar-refractivity contribution in [2.75, 3.05) is 6.54 Å². The molecule has 2 aromatic heterocycles. The largest absolute Gasteiger partial charge is 0.508 e. The van der Waals surface area contributed by atoms with Gasteiger partial charge in [-0.05, 0) is 30.2 Å². The van der Waals surface area contributed by atoms with E-state index in [9.17, 15) is 9.90 Å². The molecule has 1 aliphatic rings. The number of aromatic hydroxyl groups is 1. The predicted octanol–water partition coefficient (Wildman–Crippen LogP) is 3.59. The lowest BCUT2D eigenvalue weighted by Crippen LogP contribution is -3.08. The number of phenolic OH excluding ortho intramolecular Hbond substituents is 1. The molecule has 0 radical (unpaired) electrons. The molecule has 1 unspecified atom stereocenters. The minimum atomic E-state index is -0.369. The minimum absolute atomic E-state index is 0.182. The molecule has 5 rings (SSSR count). The van der Waals surface area contributed by atoms with E-state index in [0.29, 0.717) is 11.6 Å². The van der Waals surface area contributed by atoms with Crippen molar-refractivity contribution in [2.24, 2.45) is 0 Å². The molecule has 2 aromatic carbocycles. The summed E-state index contributed by atoms with van der Waals surface area (Å²) >= 11 is 1.78. The van der Waals surface area contributed by atoms with E-state index in [2.05, 4.69) is 18.2 Å². The van der Waals surface area contributed by atoms with Crippen LogP contribution in [0.4, 0.5) is 0 Å². The van der Waals surface area contributed by atoms with Gasteiger partial charge in [-0.3, -0.25) is 0 Å². The Morgan fingerprint density at radius 3 is 2.93 bits per heavy atom. The van der Waals surface area contributed by atoms with E-state index in [0.717, 1.165) is 54.4 Å². The van der Waals surface area contributed by atoms with E-state index < -0.39 is 0 Å². The van der Waals surface area contributed by atoms with E-state index in [1.54, 1.807) is 23.5 Å². The molecule has 1 aliphatic heterocycles. The maximum atomic E-state index is 12.1. The summed E-state index contributed by atoms with van der Waals surface area (Å²) in [5.41, 5.74) is 3.00. The zero-order valence-electron chi connectivity index (χ0n) is 16.3. The van der Waals surface area contributed by atoms with Gasteiger partial charge in [-0.15, -0.1) is 11.3 Å². The fraction of sp³-hybridized carbons (Fsp3) is 0.304. The first kappa shape index (κ1) is 18.3. The summed E-state index contributed by atoms with van der Waals surface area (Å²) < 4.78 is 6.59. The second-order valence-electron chi connectivity index (χ2n) is 7.72. The number of nitrogens with one attached hydrogen (secondary N) is 1. The maximum Gasteiger partial charge on any atom is 0.336 e. The van der Waals surface area contributed by atoms with Crippen LogP contribution < -0.4 is 10.5 Å². The van der Waals surface area contributed by atoms with Gasteiger partial charge in [0.2, 0.25) is 0 Å². The number of hydrogen-bond acceptors (Lipinski definition) is 5. The van der Waals surface area contributed by atoms with Crippen LogP contribution in [0.2, 0.25) is 0 Å². The molecule has 0 spiro atoms. The van der Waals surface area contributed by atoms with Crippen LogP contribution in [-0.4, -0.2) is 16.6 Å². The van der Waals surface area contributed by atoms with Crippen LogP contribution in [0.1, 0.15) is 41.9 Å². The second-order valence-corrected chi connectivity index (χ2v) is 8.78. The van der Waals surface area contributed by atoms with Crippen molar-refractivity contribution in [3.63, 3.8) is 0 Å². The van der Waals surface area contributed by atoms with Crippen LogP contribution in [0.25, 0.3) is 21.2 Å². The Hall–Kier alpha value is -2.70. The topological polar surface area (TPSA) is 67.8 Å². The maximum absolute atomic E-state index is 12.1. The Balaban J connectivity index is 1.53. The molecule has 29 heavy (non-hydrogen) atoms. The summed E-state index contributed by atoms with van der Waals surface area (Å²) in [5, 5.41) is 12.3. The number of fused-ring (bicyclic) bond motifs is 2. The Morgan fingerprint density at radius 1 is 1.24 bits per heavy atom. The molecule has 6 heteroatoms. The Labute approximate surface area is 172 Å². The molecule has 2 N–H and O–H groups in total. The SMILES string of the molecule is CCc1cc2c(C[NH+]3CCC[C@H]3c3nc4ccccc4s3)cc(=O)oc2cc1O. The zero-order valence-corrected chi connectivity index (χ0v) is 17.1. The highest BCUT2D eigenvalue weighted by Gasteiger charge is 2.33. The van der Waals surface area contributed by atoms with E-state index in [1.165, 1.54) is 14.6 Å². The smallest absolute Gasteiger partial charge is 0.336 e. The average Bonchev–Trinajstić information content (AvgIpc) is 3.33. The molecule has 148 valence electrons. The first-order chi connectivity index (χ1) is 14.1. The summed E-state index contributed by atoms with van der Waals surface area (Å²) in [6, 6.07) is 13.8. The highest BCUT2D eigenvalue weighted by atomic mass is 32.1. The van der Waals surface area contributed by atoms with Crippen molar-refractivity contribution in [3.8, 4) is 5.75 Å². The van der Waals surface area contributed by atoms with E-state index >= 15 is 0 Å². The number of hydrogen-bond donors (Lipinski definition) is 2. The molecule has 3 heterocycles. The molecule has 0 amide bonds. The van der Waals surface area contributed by atoms with Crippen molar-refractivity contribution in [1.29, 1.82) is 0 Å². The first-order valence-corrected chi connectivity index (χ1v) is 10.9. The lowest BCUT2D eigenvalue weighted by Gasteiger charge is -2.20. The normalized spacial score (nSPS) is 19.3. The van der Waals surface area contributed by atoms with Crippen molar-refractivity contribution in [3.05, 3.63) is 69.0 Å². The van der Waals surface area contributed by atoms with Crippen LogP contribution in [-0.2, 0) is 13.0 Å². The van der Waals surface area contributed by atoms with E-state index in [4.69, 9.17) is 9.40 Å². The highest BCUT2D eigenvalue weighted by Crippen LogP contribution is 2.30. The van der Waals surface area contributed by atoms with Crippen molar-refractivity contribution in [1.82, 2.24) is 4.98 Å². The number of nitrogens with zero attached hydrogens (tertiary/aromatic N) is 1. The fourth-order valence-corrected chi connectivity index (χ4v) is 5.60. The summed E-state index contributed by atoms with van der Waals surface area (Å²) in [5.74, 6) is 0.182. The molecule has 0 bridgehead atoms. The van der Waals surface area contributed by atoms with Gasteiger partial charge in [0.15, 0.2) is 5.01 Å². The van der Waals surface area contributed by atoms with Gasteiger partial charge in [-0.2, -0.15) is 0 Å². The summed E-state index contributed by atoms with van der Waals surface area (Å²) in [6.07, 6.45) is 2.98.